The zero-order valence-corrected chi connectivity index (χ0v) is 12.5. The zero-order chi connectivity index (χ0) is 17.9. The molecule has 0 heterocycles. The molecular formula is C18H16O6. The number of carbonyl (C=O) groups is 2. The highest BCUT2D eigenvalue weighted by atomic mass is 16.3. The van der Waals surface area contributed by atoms with E-state index in [2.05, 4.69) is 0 Å². The average Bonchev–Trinajstić information content (AvgIpc) is 2.57. The number of phenols is 4. The van der Waals surface area contributed by atoms with Crippen LogP contribution in [0.1, 0.15) is 0 Å². The van der Waals surface area contributed by atoms with Crippen LogP contribution in [0.3, 0.4) is 0 Å². The van der Waals surface area contributed by atoms with Crippen molar-refractivity contribution in [3.05, 3.63) is 72.8 Å². The van der Waals surface area contributed by atoms with Gasteiger partial charge in [-0.15, -0.1) is 0 Å². The van der Waals surface area contributed by atoms with Gasteiger partial charge in [-0.3, -0.25) is 9.59 Å². The number of benzene rings is 2. The molecule has 4 N–H and O–H groups in total. The Kier molecular flexibility index (Phi) is 7.30. The lowest BCUT2D eigenvalue weighted by atomic mass is 10.2. The molecule has 0 amide bonds. The number of hydrogen-bond donors (Lipinski definition) is 4. The summed E-state index contributed by atoms with van der Waals surface area (Å²) < 4.78 is 0. The number of phenolic OH excluding ortho intramolecular Hbond substituents is 4. The molecule has 0 saturated carbocycles. The molecule has 0 unspecified atom stereocenters. The summed E-state index contributed by atoms with van der Waals surface area (Å²) in [4.78, 5) is 20.6. The first-order valence-electron chi connectivity index (χ1n) is 6.78. The van der Waals surface area contributed by atoms with Crippen molar-refractivity contribution < 1.29 is 30.0 Å². The quantitative estimate of drug-likeness (QED) is 0.436. The van der Waals surface area contributed by atoms with E-state index >= 15 is 0 Å². The lowest BCUT2D eigenvalue weighted by Crippen LogP contribution is -1.97. The van der Waals surface area contributed by atoms with Crippen LogP contribution in [0.2, 0.25) is 0 Å². The molecule has 2 aromatic rings. The Labute approximate surface area is 138 Å². The maximum Gasteiger partial charge on any atom is 0.178 e. The van der Waals surface area contributed by atoms with Crippen molar-refractivity contribution in [1.82, 2.24) is 0 Å². The van der Waals surface area contributed by atoms with Gasteiger partial charge < -0.3 is 20.4 Å². The molecule has 0 bridgehead atoms. The van der Waals surface area contributed by atoms with Gasteiger partial charge in [0.05, 0.1) is 0 Å². The maximum absolute atomic E-state index is 10.3. The molecule has 6 nitrogen and oxygen atoms in total. The summed E-state index contributed by atoms with van der Waals surface area (Å²) in [6.45, 7) is 0. The minimum atomic E-state index is -0.121. The monoisotopic (exact) mass is 328 g/mol. The van der Waals surface area contributed by atoms with Gasteiger partial charge in [-0.2, -0.15) is 0 Å². The Hall–Kier alpha value is -3.54. The fourth-order valence-corrected chi connectivity index (χ4v) is 1.37. The Morgan fingerprint density at radius 3 is 0.833 bits per heavy atom. The normalized spacial score (nSPS) is 11.8. The highest BCUT2D eigenvalue weighted by molar-refractivity contribution is 6.14. The number of para-hydroxylation sites is 4. The lowest BCUT2D eigenvalue weighted by molar-refractivity contribution is -0.113. The molecule has 0 fully saturated rings. The van der Waals surface area contributed by atoms with E-state index in [1.165, 1.54) is 48.6 Å². The van der Waals surface area contributed by atoms with Crippen molar-refractivity contribution in [2.45, 2.75) is 0 Å². The molecule has 0 aromatic heterocycles. The first-order valence-corrected chi connectivity index (χ1v) is 6.78. The second-order valence-corrected chi connectivity index (χ2v) is 4.45. The van der Waals surface area contributed by atoms with Crippen molar-refractivity contribution in [3.63, 3.8) is 0 Å². The van der Waals surface area contributed by atoms with Gasteiger partial charge in [0, 0.05) is 0 Å². The molecule has 0 radical (unpaired) electrons. The van der Waals surface area contributed by atoms with Crippen LogP contribution in [0, 0.1) is 0 Å². The molecule has 0 saturated heterocycles. The van der Waals surface area contributed by atoms with E-state index in [0.29, 0.717) is 0 Å². The molecule has 2 aromatic carbocycles. The second-order valence-electron chi connectivity index (χ2n) is 4.45. The number of carbonyl (C=O) groups excluding carboxylic acids is 2. The molecule has 24 heavy (non-hydrogen) atoms. The summed E-state index contributed by atoms with van der Waals surface area (Å²) in [6.07, 6.45) is 5.01. The van der Waals surface area contributed by atoms with E-state index in [0.717, 1.165) is 0 Å². The van der Waals surface area contributed by atoms with Crippen LogP contribution >= 0.6 is 0 Å². The highest BCUT2D eigenvalue weighted by Crippen LogP contribution is 2.21. The Bertz CT molecular complexity index is 638. The van der Waals surface area contributed by atoms with E-state index in [9.17, 15) is 9.59 Å². The van der Waals surface area contributed by atoms with Crippen molar-refractivity contribution in [1.29, 1.82) is 0 Å². The van der Waals surface area contributed by atoms with Gasteiger partial charge in [-0.1, -0.05) is 24.3 Å². The molecule has 0 atom stereocenters. The smallest absolute Gasteiger partial charge is 0.178 e. The van der Waals surface area contributed by atoms with E-state index in [1.807, 2.05) is 0 Å². The highest BCUT2D eigenvalue weighted by Gasteiger charge is 1.98. The van der Waals surface area contributed by atoms with Gasteiger partial charge in [0.15, 0.2) is 34.6 Å². The Morgan fingerprint density at radius 1 is 0.458 bits per heavy atom. The van der Waals surface area contributed by atoms with E-state index in [1.54, 1.807) is 24.3 Å². The molecule has 1 aliphatic rings. The minimum Gasteiger partial charge on any atom is -0.504 e. The van der Waals surface area contributed by atoms with Crippen LogP contribution in [0.25, 0.3) is 0 Å². The SMILES string of the molecule is O=C1C=CC(=O)C=C1.Oc1ccccc1O.Oc1ccccc1O. The third-order valence-electron chi connectivity index (χ3n) is 2.59. The summed E-state index contributed by atoms with van der Waals surface area (Å²) >= 11 is 0. The van der Waals surface area contributed by atoms with Crippen molar-refractivity contribution >= 4 is 11.6 Å². The summed E-state index contributed by atoms with van der Waals surface area (Å²) in [5.41, 5.74) is 0. The molecular weight excluding hydrogens is 312 g/mol. The molecule has 6 heteroatoms. The second kappa shape index (κ2) is 9.47. The summed E-state index contributed by atoms with van der Waals surface area (Å²) in [6, 6.07) is 12.3. The first-order chi connectivity index (χ1) is 11.4. The van der Waals surface area contributed by atoms with Crippen LogP contribution in [0.15, 0.2) is 72.8 Å². The molecule has 1 aliphatic carbocycles. The van der Waals surface area contributed by atoms with Crippen LogP contribution in [0.5, 0.6) is 23.0 Å². The predicted octanol–water partition coefficient (Wildman–Crippen LogP) is 2.45. The first kappa shape index (κ1) is 18.5. The summed E-state index contributed by atoms with van der Waals surface area (Å²) in [5.74, 6) is -0.547. The van der Waals surface area contributed by atoms with Gasteiger partial charge in [-0.05, 0) is 48.6 Å². The van der Waals surface area contributed by atoms with Crippen molar-refractivity contribution in [2.75, 3.05) is 0 Å². The van der Waals surface area contributed by atoms with Gasteiger partial charge in [0.25, 0.3) is 0 Å². The van der Waals surface area contributed by atoms with Crippen molar-refractivity contribution in [2.24, 2.45) is 0 Å². The molecule has 3 rings (SSSR count). The van der Waals surface area contributed by atoms with Gasteiger partial charge >= 0.3 is 0 Å². The van der Waals surface area contributed by atoms with Crippen molar-refractivity contribution in [3.8, 4) is 23.0 Å². The summed E-state index contributed by atoms with van der Waals surface area (Å²) in [7, 11) is 0. The summed E-state index contributed by atoms with van der Waals surface area (Å²) in [5, 5.41) is 34.7. The van der Waals surface area contributed by atoms with E-state index < -0.39 is 0 Å². The topological polar surface area (TPSA) is 115 Å². The largest absolute Gasteiger partial charge is 0.504 e. The van der Waals surface area contributed by atoms with Crippen LogP contribution in [-0.2, 0) is 9.59 Å². The number of rotatable bonds is 0. The van der Waals surface area contributed by atoms with Crippen LogP contribution < -0.4 is 0 Å². The van der Waals surface area contributed by atoms with E-state index in [-0.39, 0.29) is 34.6 Å². The van der Waals surface area contributed by atoms with Gasteiger partial charge in [0.2, 0.25) is 0 Å². The average molecular weight is 328 g/mol. The predicted molar refractivity (Wildman–Crippen MR) is 87.8 cm³/mol. The maximum atomic E-state index is 10.3. The van der Waals surface area contributed by atoms with Gasteiger partial charge in [0.1, 0.15) is 0 Å². The third kappa shape index (κ3) is 6.95. The lowest BCUT2D eigenvalue weighted by Gasteiger charge is -1.91. The van der Waals surface area contributed by atoms with Gasteiger partial charge in [-0.25, -0.2) is 0 Å². The van der Waals surface area contributed by atoms with Crippen LogP contribution in [0.4, 0.5) is 0 Å². The van der Waals surface area contributed by atoms with E-state index in [4.69, 9.17) is 20.4 Å². The number of aromatic hydroxyl groups is 4. The Morgan fingerprint density at radius 2 is 0.667 bits per heavy atom. The Balaban J connectivity index is 0.000000180. The number of hydrogen-bond acceptors (Lipinski definition) is 6. The minimum absolute atomic E-state index is 0.0764. The number of ketones is 2. The van der Waals surface area contributed by atoms with Crippen LogP contribution in [-0.4, -0.2) is 32.0 Å². The standard InChI is InChI=1S/C6H4O2.2C6H6O2/c7-5-1-2-6(8)4-3-5;2*7-5-3-1-2-4-6(5)8/h1-4H;2*1-4,7-8H. The fourth-order valence-electron chi connectivity index (χ4n) is 1.37. The molecule has 124 valence electrons. The molecule has 0 aliphatic heterocycles. The zero-order valence-electron chi connectivity index (χ0n) is 12.5. The third-order valence-corrected chi connectivity index (χ3v) is 2.59. The molecule has 0 spiro atoms. The number of allylic oxidation sites excluding steroid dienone is 4. The fraction of sp³-hybridized carbons (Fsp3) is 0.